The molecule has 0 aromatic heterocycles. The van der Waals surface area contributed by atoms with Crippen LogP contribution in [-0.4, -0.2) is 36.2 Å². The molecule has 0 spiro atoms. The van der Waals surface area contributed by atoms with Gasteiger partial charge in [0, 0.05) is 17.5 Å². The van der Waals surface area contributed by atoms with Crippen LogP contribution in [0, 0.1) is 0 Å². The summed E-state index contributed by atoms with van der Waals surface area (Å²) in [5.41, 5.74) is 0.870. The zero-order valence-corrected chi connectivity index (χ0v) is 12.6. The second-order valence-corrected chi connectivity index (χ2v) is 5.78. The van der Waals surface area contributed by atoms with Gasteiger partial charge in [-0.2, -0.15) is 0 Å². The van der Waals surface area contributed by atoms with Crippen molar-refractivity contribution in [3.63, 3.8) is 0 Å². The van der Waals surface area contributed by atoms with Crippen LogP contribution in [0.25, 0.3) is 10.8 Å². The van der Waals surface area contributed by atoms with Crippen molar-refractivity contribution in [2.75, 3.05) is 26.2 Å². The molecular formula is C18H23NO2. The number of ether oxygens (including phenoxy) is 1. The molecule has 0 amide bonds. The minimum atomic E-state index is -0.517. The molecule has 21 heavy (non-hydrogen) atoms. The fourth-order valence-electron chi connectivity index (χ4n) is 3.03. The van der Waals surface area contributed by atoms with Crippen molar-refractivity contribution in [3.05, 3.63) is 42.0 Å². The Morgan fingerprint density at radius 1 is 1.14 bits per heavy atom. The number of fused-ring (bicyclic) bond motifs is 1. The van der Waals surface area contributed by atoms with Gasteiger partial charge in [-0.25, -0.2) is 0 Å². The van der Waals surface area contributed by atoms with E-state index in [-0.39, 0.29) is 0 Å². The summed E-state index contributed by atoms with van der Waals surface area (Å²) in [6, 6.07) is 12.2. The smallest absolute Gasteiger partial charge is 0.132 e. The Bertz CT molecular complexity index is 603. The average Bonchev–Trinajstić information content (AvgIpc) is 3.00. The molecule has 1 aliphatic heterocycles. The molecule has 3 nitrogen and oxygen atoms in total. The number of hydrogen-bond donors (Lipinski definition) is 1. The Morgan fingerprint density at radius 3 is 2.67 bits per heavy atom. The Hall–Kier alpha value is -1.58. The summed E-state index contributed by atoms with van der Waals surface area (Å²) in [4.78, 5) is 2.44. The lowest BCUT2D eigenvalue weighted by molar-refractivity contribution is 0.187. The molecule has 1 aliphatic rings. The first-order valence-electron chi connectivity index (χ1n) is 7.80. The van der Waals surface area contributed by atoms with Crippen molar-refractivity contribution in [2.45, 2.75) is 25.9 Å². The van der Waals surface area contributed by atoms with E-state index >= 15 is 0 Å². The highest BCUT2D eigenvalue weighted by Crippen LogP contribution is 2.33. The predicted octanol–water partition coefficient (Wildman–Crippen LogP) is 3.37. The van der Waals surface area contributed by atoms with Crippen molar-refractivity contribution >= 4 is 10.8 Å². The Morgan fingerprint density at radius 2 is 1.90 bits per heavy atom. The number of benzene rings is 2. The van der Waals surface area contributed by atoms with Gasteiger partial charge in [-0.15, -0.1) is 0 Å². The molecule has 1 atom stereocenters. The number of likely N-dealkylation sites (tertiary alicyclic amines) is 1. The molecule has 1 N–H and O–H groups in total. The van der Waals surface area contributed by atoms with Gasteiger partial charge in [-0.05, 0) is 38.2 Å². The van der Waals surface area contributed by atoms with E-state index in [1.807, 2.05) is 24.3 Å². The number of nitrogens with zero attached hydrogens (tertiary/aromatic N) is 1. The maximum Gasteiger partial charge on any atom is 0.132 e. The normalized spacial score (nSPS) is 17.2. The van der Waals surface area contributed by atoms with Crippen LogP contribution in [0.1, 0.15) is 31.4 Å². The van der Waals surface area contributed by atoms with Crippen LogP contribution in [-0.2, 0) is 0 Å². The van der Waals surface area contributed by atoms with Crippen molar-refractivity contribution in [2.24, 2.45) is 0 Å². The standard InChI is InChI=1S/C18H23NO2/c1-14(20)16-9-8-15-6-2-3-7-17(15)18(16)21-13-12-19-10-4-5-11-19/h2-3,6-9,14,20H,4-5,10-13H2,1H3/t14-/m1/s1. The zero-order chi connectivity index (χ0) is 14.7. The maximum atomic E-state index is 9.98. The summed E-state index contributed by atoms with van der Waals surface area (Å²) in [5, 5.41) is 12.2. The van der Waals surface area contributed by atoms with Crippen molar-refractivity contribution in [1.29, 1.82) is 0 Å². The van der Waals surface area contributed by atoms with Crippen molar-refractivity contribution < 1.29 is 9.84 Å². The van der Waals surface area contributed by atoms with Crippen LogP contribution in [0.4, 0.5) is 0 Å². The van der Waals surface area contributed by atoms with Gasteiger partial charge in [-0.1, -0.05) is 36.4 Å². The first-order chi connectivity index (χ1) is 10.3. The molecule has 1 saturated heterocycles. The quantitative estimate of drug-likeness (QED) is 0.914. The van der Waals surface area contributed by atoms with E-state index < -0.39 is 6.10 Å². The molecule has 2 aromatic carbocycles. The van der Waals surface area contributed by atoms with Crippen LogP contribution in [0.3, 0.4) is 0 Å². The van der Waals surface area contributed by atoms with Crippen LogP contribution in [0.15, 0.2) is 36.4 Å². The number of aliphatic hydroxyl groups excluding tert-OH is 1. The summed E-state index contributed by atoms with van der Waals surface area (Å²) in [6.45, 7) is 5.79. The first kappa shape index (κ1) is 14.4. The average molecular weight is 285 g/mol. The molecule has 3 rings (SSSR count). The second-order valence-electron chi connectivity index (χ2n) is 5.78. The van der Waals surface area contributed by atoms with Gasteiger partial charge in [0.25, 0.3) is 0 Å². The van der Waals surface area contributed by atoms with E-state index in [1.165, 1.54) is 25.9 Å². The number of rotatable bonds is 5. The Balaban J connectivity index is 1.82. The lowest BCUT2D eigenvalue weighted by Crippen LogP contribution is -2.25. The lowest BCUT2D eigenvalue weighted by atomic mass is 10.0. The summed E-state index contributed by atoms with van der Waals surface area (Å²) in [7, 11) is 0. The van der Waals surface area contributed by atoms with Gasteiger partial charge in [0.05, 0.1) is 6.10 Å². The summed E-state index contributed by atoms with van der Waals surface area (Å²) in [5.74, 6) is 0.835. The van der Waals surface area contributed by atoms with Crippen molar-refractivity contribution in [3.8, 4) is 5.75 Å². The van der Waals surface area contributed by atoms with E-state index in [0.717, 1.165) is 28.6 Å². The van der Waals surface area contributed by atoms with Gasteiger partial charge in [0.2, 0.25) is 0 Å². The molecule has 0 unspecified atom stereocenters. The van der Waals surface area contributed by atoms with Gasteiger partial charge < -0.3 is 9.84 Å². The SMILES string of the molecule is C[C@@H](O)c1ccc2ccccc2c1OCCN1CCCC1. The number of hydrogen-bond acceptors (Lipinski definition) is 3. The third-order valence-corrected chi connectivity index (χ3v) is 4.21. The molecule has 112 valence electrons. The molecular weight excluding hydrogens is 262 g/mol. The van der Waals surface area contributed by atoms with Gasteiger partial charge in [-0.3, -0.25) is 4.90 Å². The third-order valence-electron chi connectivity index (χ3n) is 4.21. The largest absolute Gasteiger partial charge is 0.491 e. The molecule has 0 radical (unpaired) electrons. The van der Waals surface area contributed by atoms with Gasteiger partial charge in [0.15, 0.2) is 0 Å². The highest BCUT2D eigenvalue weighted by atomic mass is 16.5. The van der Waals surface area contributed by atoms with Crippen LogP contribution < -0.4 is 4.74 Å². The zero-order valence-electron chi connectivity index (χ0n) is 12.6. The minimum Gasteiger partial charge on any atom is -0.491 e. The highest BCUT2D eigenvalue weighted by Gasteiger charge is 2.15. The molecule has 0 saturated carbocycles. The molecule has 0 bridgehead atoms. The molecule has 3 heteroatoms. The van der Waals surface area contributed by atoms with Crippen molar-refractivity contribution in [1.82, 2.24) is 4.90 Å². The molecule has 0 aliphatic carbocycles. The Labute approximate surface area is 126 Å². The van der Waals surface area contributed by atoms with E-state index in [4.69, 9.17) is 4.74 Å². The number of aliphatic hydroxyl groups is 1. The molecule has 1 fully saturated rings. The highest BCUT2D eigenvalue weighted by molar-refractivity contribution is 5.89. The van der Waals surface area contributed by atoms with E-state index in [2.05, 4.69) is 17.0 Å². The topological polar surface area (TPSA) is 32.7 Å². The summed E-state index contributed by atoms with van der Waals surface area (Å²) >= 11 is 0. The van der Waals surface area contributed by atoms with Crippen LogP contribution in [0.2, 0.25) is 0 Å². The maximum absolute atomic E-state index is 9.98. The van der Waals surface area contributed by atoms with Gasteiger partial charge >= 0.3 is 0 Å². The van der Waals surface area contributed by atoms with Crippen LogP contribution in [0.5, 0.6) is 5.75 Å². The Kier molecular flexibility index (Phi) is 4.42. The van der Waals surface area contributed by atoms with Crippen LogP contribution >= 0.6 is 0 Å². The van der Waals surface area contributed by atoms with E-state index in [1.54, 1.807) is 6.92 Å². The summed E-state index contributed by atoms with van der Waals surface area (Å²) < 4.78 is 6.07. The minimum absolute atomic E-state index is 0.517. The van der Waals surface area contributed by atoms with E-state index in [0.29, 0.717) is 6.61 Å². The third kappa shape index (κ3) is 3.20. The lowest BCUT2D eigenvalue weighted by Gasteiger charge is -2.19. The molecule has 2 aromatic rings. The summed E-state index contributed by atoms with van der Waals surface area (Å²) in [6.07, 6.45) is 2.08. The van der Waals surface area contributed by atoms with E-state index in [9.17, 15) is 5.11 Å². The fourth-order valence-corrected chi connectivity index (χ4v) is 3.03. The van der Waals surface area contributed by atoms with Gasteiger partial charge in [0.1, 0.15) is 12.4 Å². The predicted molar refractivity (Wildman–Crippen MR) is 85.8 cm³/mol. The second kappa shape index (κ2) is 6.46. The first-order valence-corrected chi connectivity index (χ1v) is 7.80. The monoisotopic (exact) mass is 285 g/mol. The fraction of sp³-hybridized carbons (Fsp3) is 0.444. The molecule has 1 heterocycles.